The Hall–Kier alpha value is -2.70. The van der Waals surface area contributed by atoms with Gasteiger partial charge in [-0.1, -0.05) is 72.6 Å². The molecule has 0 unspecified atom stereocenters. The fourth-order valence-corrected chi connectivity index (χ4v) is 1.92. The molecule has 21 heavy (non-hydrogen) atoms. The zero-order chi connectivity index (χ0) is 14.9. The number of fused-ring (bicyclic) bond motifs is 2. The van der Waals surface area contributed by atoms with Gasteiger partial charge in [0.15, 0.2) is 0 Å². The van der Waals surface area contributed by atoms with Crippen molar-refractivity contribution in [1.29, 1.82) is 0 Å². The van der Waals surface area contributed by atoms with E-state index in [4.69, 9.17) is 0 Å². The second kappa shape index (κ2) is 7.78. The Labute approximate surface area is 127 Å². The van der Waals surface area contributed by atoms with Gasteiger partial charge in [-0.2, -0.15) is 0 Å². The molecule has 0 fully saturated rings. The van der Waals surface area contributed by atoms with E-state index in [-0.39, 0.29) is 0 Å². The van der Waals surface area contributed by atoms with Crippen LogP contribution in [0.5, 0.6) is 0 Å². The lowest BCUT2D eigenvalue weighted by molar-refractivity contribution is 1.21. The molecular formula is C21H18. The highest BCUT2D eigenvalue weighted by Gasteiger charge is 1.98. The minimum Gasteiger partial charge on any atom is -0.0620 e. The van der Waals surface area contributed by atoms with Crippen LogP contribution in [0.4, 0.5) is 0 Å². The molecule has 0 nitrogen and oxygen atoms in total. The lowest BCUT2D eigenvalue weighted by Gasteiger charge is -2.01. The van der Waals surface area contributed by atoms with Gasteiger partial charge in [0.05, 0.1) is 0 Å². The first-order chi connectivity index (χ1) is 10.2. The molecule has 2 bridgehead atoms. The van der Waals surface area contributed by atoms with Gasteiger partial charge in [0, 0.05) is 0 Å². The maximum atomic E-state index is 3.04. The van der Waals surface area contributed by atoms with E-state index in [1.165, 1.54) is 11.1 Å². The Bertz CT molecular complexity index is 669. The average molecular weight is 270 g/mol. The molecule has 0 aromatic heterocycles. The molecule has 0 aromatic carbocycles. The summed E-state index contributed by atoms with van der Waals surface area (Å²) in [6, 6.07) is 0. The number of hydrogen-bond acceptors (Lipinski definition) is 0. The van der Waals surface area contributed by atoms with Crippen LogP contribution in [0.2, 0.25) is 0 Å². The summed E-state index contributed by atoms with van der Waals surface area (Å²) in [5.41, 5.74) is 4.58. The van der Waals surface area contributed by atoms with Crippen molar-refractivity contribution in [2.24, 2.45) is 0 Å². The first-order valence-corrected chi connectivity index (χ1v) is 7.02. The zero-order valence-electron chi connectivity index (χ0n) is 12.5. The fourth-order valence-electron chi connectivity index (χ4n) is 1.92. The molecule has 0 heteroatoms. The summed E-state index contributed by atoms with van der Waals surface area (Å²) in [7, 11) is 0. The van der Waals surface area contributed by atoms with Gasteiger partial charge >= 0.3 is 0 Å². The van der Waals surface area contributed by atoms with E-state index in [2.05, 4.69) is 60.1 Å². The lowest BCUT2D eigenvalue weighted by atomic mass is 10.0. The van der Waals surface area contributed by atoms with Gasteiger partial charge in [0.1, 0.15) is 0 Å². The van der Waals surface area contributed by atoms with Gasteiger partial charge in [0.2, 0.25) is 0 Å². The molecule has 102 valence electrons. The molecule has 2 rings (SSSR count). The van der Waals surface area contributed by atoms with Crippen molar-refractivity contribution >= 4 is 0 Å². The van der Waals surface area contributed by atoms with Gasteiger partial charge in [0.25, 0.3) is 0 Å². The molecule has 0 heterocycles. The second-order valence-electron chi connectivity index (χ2n) is 4.96. The fraction of sp³-hybridized carbons (Fsp3) is 0.143. The highest BCUT2D eigenvalue weighted by molar-refractivity contribution is 5.44. The third kappa shape index (κ3) is 5.43. The Morgan fingerprint density at radius 1 is 0.667 bits per heavy atom. The van der Waals surface area contributed by atoms with E-state index >= 15 is 0 Å². The molecule has 0 saturated carbocycles. The van der Waals surface area contributed by atoms with Crippen LogP contribution in [0, 0.1) is 23.7 Å². The van der Waals surface area contributed by atoms with Gasteiger partial charge < -0.3 is 0 Å². The predicted octanol–water partition coefficient (Wildman–Crippen LogP) is 4.82. The highest BCUT2D eigenvalue weighted by atomic mass is 14.0. The van der Waals surface area contributed by atoms with Crippen molar-refractivity contribution in [1.82, 2.24) is 0 Å². The van der Waals surface area contributed by atoms with Gasteiger partial charge in [-0.15, -0.1) is 0 Å². The summed E-state index contributed by atoms with van der Waals surface area (Å²) in [6.45, 7) is 3.99. The van der Waals surface area contributed by atoms with Crippen LogP contribution in [-0.2, 0) is 0 Å². The molecule has 2 aliphatic carbocycles. The highest BCUT2D eigenvalue weighted by Crippen LogP contribution is 2.17. The molecule has 0 aromatic rings. The van der Waals surface area contributed by atoms with Crippen LogP contribution in [0.3, 0.4) is 0 Å². The smallest absolute Gasteiger partial charge is 0.0000496 e. The van der Waals surface area contributed by atoms with E-state index < -0.39 is 0 Å². The van der Waals surface area contributed by atoms with Gasteiger partial charge in [-0.25, -0.2) is 0 Å². The maximum Gasteiger partial charge on any atom is -0.0000496 e. The molecule has 0 N–H and O–H groups in total. The Balaban J connectivity index is 2.39. The molecule has 0 saturated heterocycles. The lowest BCUT2D eigenvalue weighted by Crippen LogP contribution is -1.81. The summed E-state index contributed by atoms with van der Waals surface area (Å²) < 4.78 is 0. The third-order valence-electron chi connectivity index (χ3n) is 3.03. The van der Waals surface area contributed by atoms with Crippen LogP contribution >= 0.6 is 0 Å². The number of hydrogen-bond donors (Lipinski definition) is 0. The molecule has 0 aliphatic heterocycles. The molecule has 2 aliphatic rings. The van der Waals surface area contributed by atoms with Crippen LogP contribution in [0.25, 0.3) is 0 Å². The average Bonchev–Trinajstić information content (AvgIpc) is 2.68. The number of allylic oxidation sites excluding steroid dienone is 14. The van der Waals surface area contributed by atoms with Crippen molar-refractivity contribution in [3.63, 3.8) is 0 Å². The van der Waals surface area contributed by atoms with Crippen molar-refractivity contribution in [2.45, 2.75) is 20.3 Å². The van der Waals surface area contributed by atoms with Gasteiger partial charge in [-0.3, -0.25) is 0 Å². The standard InChI is InChI=1S/C21H18/c1-18-9-3-4-10-19(2)12-8-16-21-14-6-5-13-20(17-21)15-7-11-18/h5-8,11-16H,17H2,1-2H3/b11-7?,12-8?,15-7+,16-8+,18-11-,19-12-,20-15?,21-16?. The Kier molecular flexibility index (Phi) is 5.45. The maximum absolute atomic E-state index is 3.04. The van der Waals surface area contributed by atoms with Crippen LogP contribution < -0.4 is 0 Å². The molecule has 0 amide bonds. The third-order valence-corrected chi connectivity index (χ3v) is 3.03. The normalized spacial score (nSPS) is 25.4. The van der Waals surface area contributed by atoms with E-state index in [1.54, 1.807) is 0 Å². The quantitative estimate of drug-likeness (QED) is 0.553. The summed E-state index contributed by atoms with van der Waals surface area (Å²) >= 11 is 0. The number of rotatable bonds is 0. The Morgan fingerprint density at radius 3 is 1.62 bits per heavy atom. The van der Waals surface area contributed by atoms with E-state index in [9.17, 15) is 0 Å². The topological polar surface area (TPSA) is 0 Å². The summed E-state index contributed by atoms with van der Waals surface area (Å²) in [4.78, 5) is 0. The summed E-state index contributed by atoms with van der Waals surface area (Å²) in [6.07, 6.45) is 21.8. The van der Waals surface area contributed by atoms with Crippen molar-refractivity contribution in [2.75, 3.05) is 0 Å². The Morgan fingerprint density at radius 2 is 1.14 bits per heavy atom. The van der Waals surface area contributed by atoms with Crippen LogP contribution in [-0.4, -0.2) is 0 Å². The molecule has 0 spiro atoms. The summed E-state index contributed by atoms with van der Waals surface area (Å²) in [5.74, 6) is 11.8. The predicted molar refractivity (Wildman–Crippen MR) is 91.3 cm³/mol. The van der Waals surface area contributed by atoms with Crippen LogP contribution in [0.15, 0.2) is 83.1 Å². The first kappa shape index (κ1) is 14.7. The van der Waals surface area contributed by atoms with E-state index in [1.807, 2.05) is 38.2 Å². The van der Waals surface area contributed by atoms with E-state index in [0.29, 0.717) is 0 Å². The zero-order valence-corrected chi connectivity index (χ0v) is 12.5. The van der Waals surface area contributed by atoms with Crippen molar-refractivity contribution in [3.8, 4) is 23.7 Å². The SMILES string of the molecule is C/C1=C/C=C/C2=CC=CC=C(/C=C/C=C(/C)C#CC#C1)C2. The monoisotopic (exact) mass is 270 g/mol. The van der Waals surface area contributed by atoms with Crippen LogP contribution in [0.1, 0.15) is 20.3 Å². The van der Waals surface area contributed by atoms with E-state index in [0.717, 1.165) is 17.6 Å². The van der Waals surface area contributed by atoms with Gasteiger partial charge in [-0.05, 0) is 54.4 Å². The molecule has 0 atom stereocenters. The minimum atomic E-state index is 0.928. The second-order valence-corrected chi connectivity index (χ2v) is 4.96. The van der Waals surface area contributed by atoms with Crippen molar-refractivity contribution in [3.05, 3.63) is 83.1 Å². The minimum absolute atomic E-state index is 0.928. The summed E-state index contributed by atoms with van der Waals surface area (Å²) in [5, 5.41) is 0. The first-order valence-electron chi connectivity index (χ1n) is 7.02. The van der Waals surface area contributed by atoms with Crippen molar-refractivity contribution < 1.29 is 0 Å². The molecular weight excluding hydrogens is 252 g/mol. The molecule has 0 radical (unpaired) electrons. The largest absolute Gasteiger partial charge is 0.0620 e.